The summed E-state index contributed by atoms with van der Waals surface area (Å²) in [5, 5.41) is 2.65. The largest absolute Gasteiger partial charge is 0.464 e. The molecule has 0 aliphatic heterocycles. The normalized spacial score (nSPS) is 11.3. The zero-order valence-corrected chi connectivity index (χ0v) is 11.2. The fourth-order valence-electron chi connectivity index (χ4n) is 0.693. The van der Waals surface area contributed by atoms with Gasteiger partial charge >= 0.3 is 5.97 Å². The summed E-state index contributed by atoms with van der Waals surface area (Å²) in [5.74, 6) is -0.501. The Kier molecular flexibility index (Phi) is 5.87. The van der Waals surface area contributed by atoms with E-state index >= 15 is 0 Å². The molecule has 0 unspecified atom stereocenters. The summed E-state index contributed by atoms with van der Waals surface area (Å²) in [6.45, 7) is 7.59. The molecule has 0 aromatic heterocycles. The van der Waals surface area contributed by atoms with Crippen LogP contribution in [0, 0.1) is 5.92 Å². The smallest absolute Gasteiger partial charge is 0.308 e. The first-order valence-corrected chi connectivity index (χ1v) is 5.68. The van der Waals surface area contributed by atoms with Crippen LogP contribution < -0.4 is 5.32 Å². The van der Waals surface area contributed by atoms with Crippen LogP contribution in [0.2, 0.25) is 0 Å². The summed E-state index contributed by atoms with van der Waals surface area (Å²) < 4.78 is 4.31. The van der Waals surface area contributed by atoms with Gasteiger partial charge in [-0.05, 0) is 13.8 Å². The number of halogens is 1. The highest BCUT2D eigenvalue weighted by molar-refractivity contribution is 9.10. The van der Waals surface area contributed by atoms with E-state index in [0.29, 0.717) is 6.54 Å². The molecule has 0 saturated heterocycles. The lowest BCUT2D eigenvalue weighted by Crippen LogP contribution is -2.39. The first-order chi connectivity index (χ1) is 6.75. The highest BCUT2D eigenvalue weighted by Crippen LogP contribution is 2.14. The van der Waals surface area contributed by atoms with Gasteiger partial charge in [-0.25, -0.2) is 0 Å². The second-order valence-corrected chi connectivity index (χ2v) is 6.03. The van der Waals surface area contributed by atoms with Crippen LogP contribution in [0.1, 0.15) is 27.7 Å². The van der Waals surface area contributed by atoms with E-state index in [2.05, 4.69) is 21.2 Å². The predicted octanol–water partition coefficient (Wildman–Crippen LogP) is 1.48. The molecule has 0 aliphatic carbocycles. The maximum absolute atomic E-state index is 11.3. The van der Waals surface area contributed by atoms with Crippen molar-refractivity contribution in [2.24, 2.45) is 5.92 Å². The molecule has 0 radical (unpaired) electrons. The lowest BCUT2D eigenvalue weighted by atomic mass is 10.2. The second kappa shape index (κ2) is 6.10. The van der Waals surface area contributed by atoms with Crippen LogP contribution in [0.5, 0.6) is 0 Å². The average Bonchev–Trinajstić information content (AvgIpc) is 2.09. The van der Waals surface area contributed by atoms with Crippen LogP contribution in [0.25, 0.3) is 0 Å². The Morgan fingerprint density at radius 2 is 1.93 bits per heavy atom. The van der Waals surface area contributed by atoms with Gasteiger partial charge in [0.2, 0.25) is 5.91 Å². The van der Waals surface area contributed by atoms with Crippen LogP contribution in [0.15, 0.2) is 0 Å². The number of rotatable bonds is 5. The van der Waals surface area contributed by atoms with E-state index in [1.54, 1.807) is 27.7 Å². The summed E-state index contributed by atoms with van der Waals surface area (Å²) >= 11 is 3.23. The van der Waals surface area contributed by atoms with Gasteiger partial charge in [-0.2, -0.15) is 0 Å². The Morgan fingerprint density at radius 1 is 1.40 bits per heavy atom. The first kappa shape index (κ1) is 14.4. The van der Waals surface area contributed by atoms with Gasteiger partial charge in [0.25, 0.3) is 0 Å². The number of amides is 1. The molecule has 1 amide bonds. The minimum atomic E-state index is -0.588. The SMILES string of the molecule is CC(C)C(=O)OCCNC(=O)C(C)(C)Br. The van der Waals surface area contributed by atoms with E-state index in [1.807, 2.05) is 0 Å². The zero-order chi connectivity index (χ0) is 12.1. The molecule has 0 rings (SSSR count). The van der Waals surface area contributed by atoms with Crippen molar-refractivity contribution in [3.8, 4) is 0 Å². The molecule has 0 spiro atoms. The highest BCUT2D eigenvalue weighted by Gasteiger charge is 2.22. The molecule has 88 valence electrons. The first-order valence-electron chi connectivity index (χ1n) is 4.89. The Bertz CT molecular complexity index is 233. The quantitative estimate of drug-likeness (QED) is 0.471. The number of hydrogen-bond donors (Lipinski definition) is 1. The fourth-order valence-corrected chi connectivity index (χ4v) is 0.833. The minimum Gasteiger partial charge on any atom is -0.464 e. The lowest BCUT2D eigenvalue weighted by Gasteiger charge is -2.15. The molecule has 0 aliphatic rings. The summed E-state index contributed by atoms with van der Waals surface area (Å²) in [6.07, 6.45) is 0. The minimum absolute atomic E-state index is 0.122. The van der Waals surface area contributed by atoms with Crippen molar-refractivity contribution >= 4 is 27.8 Å². The third kappa shape index (κ3) is 6.49. The van der Waals surface area contributed by atoms with Gasteiger partial charge in [-0.1, -0.05) is 29.8 Å². The molecule has 0 atom stereocenters. The molecule has 0 bridgehead atoms. The fraction of sp³-hybridized carbons (Fsp3) is 0.800. The number of carbonyl (C=O) groups is 2. The maximum atomic E-state index is 11.3. The molecule has 0 heterocycles. The van der Waals surface area contributed by atoms with Crippen LogP contribution in [-0.4, -0.2) is 29.4 Å². The Hall–Kier alpha value is -0.580. The Morgan fingerprint density at radius 3 is 2.33 bits per heavy atom. The monoisotopic (exact) mass is 279 g/mol. The second-order valence-electron chi connectivity index (χ2n) is 4.05. The molecule has 1 N–H and O–H groups in total. The molecule has 5 heteroatoms. The number of esters is 1. The van der Waals surface area contributed by atoms with Gasteiger partial charge in [0.15, 0.2) is 0 Å². The topological polar surface area (TPSA) is 55.4 Å². The van der Waals surface area contributed by atoms with Crippen molar-refractivity contribution in [3.05, 3.63) is 0 Å². The molecule has 4 nitrogen and oxygen atoms in total. The van der Waals surface area contributed by atoms with E-state index in [1.165, 1.54) is 0 Å². The molecule has 0 aromatic carbocycles. The molecular weight excluding hydrogens is 262 g/mol. The van der Waals surface area contributed by atoms with Gasteiger partial charge in [0.05, 0.1) is 16.8 Å². The van der Waals surface area contributed by atoms with Crippen LogP contribution >= 0.6 is 15.9 Å². The maximum Gasteiger partial charge on any atom is 0.308 e. The predicted molar refractivity (Wildman–Crippen MR) is 61.8 cm³/mol. The summed E-state index contributed by atoms with van der Waals surface area (Å²) in [7, 11) is 0. The van der Waals surface area contributed by atoms with Gasteiger partial charge in [0.1, 0.15) is 6.61 Å². The van der Waals surface area contributed by atoms with Crippen molar-refractivity contribution in [1.82, 2.24) is 5.32 Å². The molecule has 0 fully saturated rings. The van der Waals surface area contributed by atoms with E-state index in [9.17, 15) is 9.59 Å². The van der Waals surface area contributed by atoms with Crippen molar-refractivity contribution in [2.75, 3.05) is 13.2 Å². The standard InChI is InChI=1S/C10H18BrNO3/c1-7(2)8(13)15-6-5-12-9(14)10(3,4)11/h7H,5-6H2,1-4H3,(H,12,14). The van der Waals surface area contributed by atoms with Crippen molar-refractivity contribution in [2.45, 2.75) is 32.0 Å². The summed E-state index contributed by atoms with van der Waals surface area (Å²) in [6, 6.07) is 0. The van der Waals surface area contributed by atoms with Crippen molar-refractivity contribution < 1.29 is 14.3 Å². The Balaban J connectivity index is 3.65. The highest BCUT2D eigenvalue weighted by atomic mass is 79.9. The molecule has 0 saturated carbocycles. The summed E-state index contributed by atoms with van der Waals surface area (Å²) in [4.78, 5) is 22.4. The third-order valence-electron chi connectivity index (χ3n) is 1.64. The molecule has 0 aromatic rings. The van der Waals surface area contributed by atoms with E-state index in [4.69, 9.17) is 4.74 Å². The average molecular weight is 280 g/mol. The molecular formula is C10H18BrNO3. The number of ether oxygens (including phenoxy) is 1. The van der Waals surface area contributed by atoms with Gasteiger partial charge in [0, 0.05) is 0 Å². The molecule has 15 heavy (non-hydrogen) atoms. The number of carbonyl (C=O) groups excluding carboxylic acids is 2. The van der Waals surface area contributed by atoms with Crippen LogP contribution in [0.4, 0.5) is 0 Å². The third-order valence-corrected chi connectivity index (χ3v) is 2.00. The van der Waals surface area contributed by atoms with Crippen LogP contribution in [0.3, 0.4) is 0 Å². The van der Waals surface area contributed by atoms with Crippen molar-refractivity contribution in [3.63, 3.8) is 0 Å². The van der Waals surface area contributed by atoms with Gasteiger partial charge < -0.3 is 10.1 Å². The summed E-state index contributed by atoms with van der Waals surface area (Å²) in [5.41, 5.74) is 0. The lowest BCUT2D eigenvalue weighted by molar-refractivity contribution is -0.147. The van der Waals surface area contributed by atoms with Crippen LogP contribution in [-0.2, 0) is 14.3 Å². The Labute approximate surface area is 98.9 Å². The van der Waals surface area contributed by atoms with Gasteiger partial charge in [-0.3, -0.25) is 9.59 Å². The zero-order valence-electron chi connectivity index (χ0n) is 9.59. The van der Waals surface area contributed by atoms with E-state index < -0.39 is 4.32 Å². The number of hydrogen-bond acceptors (Lipinski definition) is 3. The van der Waals surface area contributed by atoms with Gasteiger partial charge in [-0.15, -0.1) is 0 Å². The van der Waals surface area contributed by atoms with E-state index in [-0.39, 0.29) is 24.4 Å². The number of nitrogens with one attached hydrogen (secondary N) is 1. The van der Waals surface area contributed by atoms with Crippen molar-refractivity contribution in [1.29, 1.82) is 0 Å². The van der Waals surface area contributed by atoms with E-state index in [0.717, 1.165) is 0 Å². The number of alkyl halides is 1.